The minimum atomic E-state index is -0.449. The highest BCUT2D eigenvalue weighted by molar-refractivity contribution is 6.31. The summed E-state index contributed by atoms with van der Waals surface area (Å²) >= 11 is 5.84. The Labute approximate surface area is 116 Å². The van der Waals surface area contributed by atoms with Crippen LogP contribution in [0, 0.1) is 11.7 Å². The molecule has 1 fully saturated rings. The van der Waals surface area contributed by atoms with E-state index < -0.39 is 5.82 Å². The molecule has 0 unspecified atom stereocenters. The van der Waals surface area contributed by atoms with Crippen LogP contribution in [0.4, 0.5) is 10.3 Å². The van der Waals surface area contributed by atoms with Crippen molar-refractivity contribution in [3.63, 3.8) is 0 Å². The molecule has 2 aromatic rings. The van der Waals surface area contributed by atoms with E-state index in [0.717, 1.165) is 24.4 Å². The van der Waals surface area contributed by atoms with Gasteiger partial charge in [-0.05, 0) is 18.4 Å². The summed E-state index contributed by atoms with van der Waals surface area (Å²) in [7, 11) is 0. The molecule has 0 bridgehead atoms. The molecule has 0 spiro atoms. The predicted molar refractivity (Wildman–Crippen MR) is 75.7 cm³/mol. The predicted octanol–water partition coefficient (Wildman–Crippen LogP) is 3.99. The van der Waals surface area contributed by atoms with Crippen molar-refractivity contribution in [2.75, 3.05) is 5.73 Å². The van der Waals surface area contributed by atoms with E-state index in [1.165, 1.54) is 31.7 Å². The third-order valence-corrected chi connectivity index (χ3v) is 4.35. The Bertz CT molecular complexity index is 602. The van der Waals surface area contributed by atoms with Gasteiger partial charge in [0.05, 0.1) is 16.1 Å². The fourth-order valence-corrected chi connectivity index (χ4v) is 3.14. The monoisotopic (exact) mass is 281 g/mol. The normalized spacial score (nSPS) is 16.5. The third kappa shape index (κ3) is 2.41. The van der Waals surface area contributed by atoms with E-state index in [2.05, 4.69) is 4.98 Å². The first-order chi connectivity index (χ1) is 9.15. The Morgan fingerprint density at radius 2 is 2.11 bits per heavy atom. The number of imidazole rings is 1. The van der Waals surface area contributed by atoms with Crippen LogP contribution in [0.5, 0.6) is 0 Å². The van der Waals surface area contributed by atoms with E-state index in [4.69, 9.17) is 17.3 Å². The molecular formula is C14H17ClFN3. The lowest BCUT2D eigenvalue weighted by Crippen LogP contribution is -2.07. The average Bonchev–Trinajstić information content (AvgIpc) is 2.96. The number of nitrogen functional groups attached to an aromatic ring is 1. The van der Waals surface area contributed by atoms with E-state index in [0.29, 0.717) is 11.5 Å². The van der Waals surface area contributed by atoms with Gasteiger partial charge < -0.3 is 10.3 Å². The molecule has 1 aromatic heterocycles. The molecular weight excluding hydrogens is 265 g/mol. The zero-order chi connectivity index (χ0) is 13.4. The van der Waals surface area contributed by atoms with Gasteiger partial charge in [0.15, 0.2) is 0 Å². The van der Waals surface area contributed by atoms with Gasteiger partial charge in [0.1, 0.15) is 5.82 Å². The second-order valence-corrected chi connectivity index (χ2v) is 5.72. The van der Waals surface area contributed by atoms with Crippen molar-refractivity contribution in [1.82, 2.24) is 9.55 Å². The number of rotatable bonds is 3. The smallest absolute Gasteiger partial charge is 0.201 e. The van der Waals surface area contributed by atoms with Crippen LogP contribution in [0.2, 0.25) is 5.02 Å². The van der Waals surface area contributed by atoms with Crippen LogP contribution in [-0.2, 0) is 6.54 Å². The number of hydrogen-bond donors (Lipinski definition) is 1. The quantitative estimate of drug-likeness (QED) is 0.924. The van der Waals surface area contributed by atoms with E-state index >= 15 is 0 Å². The lowest BCUT2D eigenvalue weighted by molar-refractivity contribution is 0.464. The van der Waals surface area contributed by atoms with Gasteiger partial charge >= 0.3 is 0 Å². The average molecular weight is 282 g/mol. The molecule has 1 aliphatic carbocycles. The first-order valence-electron chi connectivity index (χ1n) is 6.76. The van der Waals surface area contributed by atoms with Gasteiger partial charge in [0, 0.05) is 12.6 Å². The van der Waals surface area contributed by atoms with Crippen molar-refractivity contribution in [2.45, 2.75) is 38.6 Å². The van der Waals surface area contributed by atoms with Gasteiger partial charge in [-0.25, -0.2) is 9.37 Å². The summed E-state index contributed by atoms with van der Waals surface area (Å²) in [6.45, 7) is 0.828. The number of hydrogen-bond acceptors (Lipinski definition) is 2. The van der Waals surface area contributed by atoms with Gasteiger partial charge in [-0.1, -0.05) is 37.3 Å². The Morgan fingerprint density at radius 1 is 1.37 bits per heavy atom. The topological polar surface area (TPSA) is 43.8 Å². The van der Waals surface area contributed by atoms with E-state index in [1.807, 2.05) is 4.57 Å². The molecule has 0 amide bonds. The zero-order valence-corrected chi connectivity index (χ0v) is 11.5. The van der Waals surface area contributed by atoms with Crippen molar-refractivity contribution in [1.29, 1.82) is 0 Å². The second-order valence-electron chi connectivity index (χ2n) is 5.32. The van der Waals surface area contributed by atoms with Crippen LogP contribution >= 0.6 is 11.6 Å². The van der Waals surface area contributed by atoms with Gasteiger partial charge in [0.2, 0.25) is 5.95 Å². The molecule has 2 N–H and O–H groups in total. The Kier molecular flexibility index (Phi) is 3.35. The summed E-state index contributed by atoms with van der Waals surface area (Å²) in [5.74, 6) is 0.775. The molecule has 0 atom stereocenters. The summed E-state index contributed by atoms with van der Waals surface area (Å²) in [4.78, 5) is 4.20. The number of halogens is 2. The molecule has 0 saturated heterocycles. The highest BCUT2D eigenvalue weighted by atomic mass is 35.5. The lowest BCUT2D eigenvalue weighted by atomic mass is 10.0. The van der Waals surface area contributed by atoms with Gasteiger partial charge in [-0.3, -0.25) is 0 Å². The van der Waals surface area contributed by atoms with Crippen molar-refractivity contribution >= 4 is 28.6 Å². The maximum atomic E-state index is 13.4. The molecule has 1 heterocycles. The van der Waals surface area contributed by atoms with E-state index in [9.17, 15) is 4.39 Å². The van der Waals surface area contributed by atoms with Crippen LogP contribution in [0.25, 0.3) is 11.0 Å². The first kappa shape index (κ1) is 12.7. The number of benzene rings is 1. The SMILES string of the molecule is Nc1nc2cc(F)c(Cl)cc2n1CCC1CCCC1. The molecule has 3 rings (SSSR count). The zero-order valence-electron chi connectivity index (χ0n) is 10.7. The van der Waals surface area contributed by atoms with Gasteiger partial charge in [0.25, 0.3) is 0 Å². The molecule has 0 aliphatic heterocycles. The molecule has 5 heteroatoms. The summed E-state index contributed by atoms with van der Waals surface area (Å²) < 4.78 is 15.3. The van der Waals surface area contributed by atoms with E-state index in [-0.39, 0.29) is 5.02 Å². The Morgan fingerprint density at radius 3 is 2.84 bits per heavy atom. The maximum Gasteiger partial charge on any atom is 0.201 e. The van der Waals surface area contributed by atoms with Crippen molar-refractivity contribution < 1.29 is 4.39 Å². The first-order valence-corrected chi connectivity index (χ1v) is 7.13. The number of fused-ring (bicyclic) bond motifs is 1. The van der Waals surface area contributed by atoms with Crippen LogP contribution in [0.15, 0.2) is 12.1 Å². The minimum absolute atomic E-state index is 0.120. The second kappa shape index (κ2) is 5.00. The van der Waals surface area contributed by atoms with Crippen molar-refractivity contribution in [3.8, 4) is 0 Å². The van der Waals surface area contributed by atoms with Crippen LogP contribution in [0.3, 0.4) is 0 Å². The summed E-state index contributed by atoms with van der Waals surface area (Å²) in [6, 6.07) is 2.96. The highest BCUT2D eigenvalue weighted by Crippen LogP contribution is 2.30. The fraction of sp³-hybridized carbons (Fsp3) is 0.500. The van der Waals surface area contributed by atoms with Gasteiger partial charge in [-0.15, -0.1) is 0 Å². The van der Waals surface area contributed by atoms with Gasteiger partial charge in [-0.2, -0.15) is 0 Å². The number of nitrogens with two attached hydrogens (primary N) is 1. The number of aryl methyl sites for hydroxylation is 1. The minimum Gasteiger partial charge on any atom is -0.369 e. The number of nitrogens with zero attached hydrogens (tertiary/aromatic N) is 2. The summed E-state index contributed by atoms with van der Waals surface area (Å²) in [6.07, 6.45) is 6.39. The molecule has 3 nitrogen and oxygen atoms in total. The standard InChI is InChI=1S/C14H17ClFN3/c15-10-7-13-12(8-11(10)16)18-14(17)19(13)6-5-9-3-1-2-4-9/h7-9H,1-6H2,(H2,17,18). The lowest BCUT2D eigenvalue weighted by Gasteiger charge is -2.11. The number of anilines is 1. The molecule has 1 aromatic carbocycles. The van der Waals surface area contributed by atoms with E-state index in [1.54, 1.807) is 6.07 Å². The summed E-state index contributed by atoms with van der Waals surface area (Å²) in [5.41, 5.74) is 7.32. The molecule has 0 radical (unpaired) electrons. The molecule has 1 aliphatic rings. The fourth-order valence-electron chi connectivity index (χ4n) is 2.98. The Balaban J connectivity index is 1.89. The third-order valence-electron chi connectivity index (χ3n) is 4.06. The Hall–Kier alpha value is -1.29. The summed E-state index contributed by atoms with van der Waals surface area (Å²) in [5, 5.41) is 0.120. The van der Waals surface area contributed by atoms with Crippen molar-refractivity contribution in [3.05, 3.63) is 23.0 Å². The maximum absolute atomic E-state index is 13.4. The largest absolute Gasteiger partial charge is 0.369 e. The van der Waals surface area contributed by atoms with Crippen LogP contribution in [-0.4, -0.2) is 9.55 Å². The van der Waals surface area contributed by atoms with Crippen molar-refractivity contribution in [2.24, 2.45) is 5.92 Å². The van der Waals surface area contributed by atoms with Crippen LogP contribution < -0.4 is 5.73 Å². The number of aromatic nitrogens is 2. The molecule has 19 heavy (non-hydrogen) atoms. The van der Waals surface area contributed by atoms with Crippen LogP contribution in [0.1, 0.15) is 32.1 Å². The highest BCUT2D eigenvalue weighted by Gasteiger charge is 2.17. The molecule has 1 saturated carbocycles. The molecule has 102 valence electrons.